The van der Waals surface area contributed by atoms with E-state index in [2.05, 4.69) is 40.1 Å². The van der Waals surface area contributed by atoms with Crippen LogP contribution in [0.3, 0.4) is 0 Å². The maximum Gasteiger partial charge on any atom is 0.0677 e. The summed E-state index contributed by atoms with van der Waals surface area (Å²) >= 11 is 0. The maximum absolute atomic E-state index is 6.25. The van der Waals surface area contributed by atoms with Crippen molar-refractivity contribution in [3.63, 3.8) is 0 Å². The van der Waals surface area contributed by atoms with E-state index in [0.717, 1.165) is 5.92 Å². The van der Waals surface area contributed by atoms with Crippen LogP contribution in [0.5, 0.6) is 0 Å². The fraction of sp³-hybridized carbons (Fsp3) is 1.00. The summed E-state index contributed by atoms with van der Waals surface area (Å²) in [5, 5.41) is 3.60. The first-order valence-electron chi connectivity index (χ1n) is 7.23. The second-order valence-corrected chi connectivity index (χ2v) is 7.13. The average Bonchev–Trinajstić information content (AvgIpc) is 2.74. The number of ether oxygens (including phenoxy) is 1. The van der Waals surface area contributed by atoms with Crippen LogP contribution in [0.1, 0.15) is 59.8 Å². The molecule has 1 saturated heterocycles. The van der Waals surface area contributed by atoms with Crippen LogP contribution < -0.4 is 5.32 Å². The van der Waals surface area contributed by atoms with Crippen LogP contribution in [0.25, 0.3) is 0 Å². The summed E-state index contributed by atoms with van der Waals surface area (Å²) in [4.78, 5) is 0. The van der Waals surface area contributed by atoms with Gasteiger partial charge in [0.1, 0.15) is 0 Å². The lowest BCUT2D eigenvalue weighted by Crippen LogP contribution is -2.46. The van der Waals surface area contributed by atoms with Crippen molar-refractivity contribution in [2.24, 2.45) is 11.8 Å². The minimum atomic E-state index is 0.0137. The van der Waals surface area contributed by atoms with Gasteiger partial charge in [-0.05, 0) is 59.9 Å². The quantitative estimate of drug-likeness (QED) is 0.815. The summed E-state index contributed by atoms with van der Waals surface area (Å²) in [7, 11) is 2.13. The van der Waals surface area contributed by atoms with Crippen molar-refractivity contribution < 1.29 is 4.74 Å². The summed E-state index contributed by atoms with van der Waals surface area (Å²) < 4.78 is 6.25. The summed E-state index contributed by atoms with van der Waals surface area (Å²) in [6.45, 7) is 9.00. The van der Waals surface area contributed by atoms with E-state index in [4.69, 9.17) is 4.74 Å². The van der Waals surface area contributed by atoms with Crippen LogP contribution in [-0.4, -0.2) is 24.3 Å². The second kappa shape index (κ2) is 4.55. The van der Waals surface area contributed by atoms with Gasteiger partial charge in [0.05, 0.1) is 11.2 Å². The largest absolute Gasteiger partial charge is 0.369 e. The lowest BCUT2D eigenvalue weighted by Gasteiger charge is -2.36. The van der Waals surface area contributed by atoms with Crippen LogP contribution in [0.2, 0.25) is 0 Å². The Morgan fingerprint density at radius 2 is 1.71 bits per heavy atom. The summed E-state index contributed by atoms with van der Waals surface area (Å²) in [6.07, 6.45) is 6.82. The van der Waals surface area contributed by atoms with E-state index < -0.39 is 0 Å². The van der Waals surface area contributed by atoms with Crippen LogP contribution in [-0.2, 0) is 4.74 Å². The minimum absolute atomic E-state index is 0.0137. The zero-order chi connectivity index (χ0) is 12.7. The highest BCUT2D eigenvalue weighted by Crippen LogP contribution is 2.46. The van der Waals surface area contributed by atoms with Gasteiger partial charge in [0, 0.05) is 12.0 Å². The molecule has 2 nitrogen and oxygen atoms in total. The van der Waals surface area contributed by atoms with Gasteiger partial charge in [-0.15, -0.1) is 0 Å². The van der Waals surface area contributed by atoms with Gasteiger partial charge >= 0.3 is 0 Å². The van der Waals surface area contributed by atoms with Gasteiger partial charge in [-0.3, -0.25) is 0 Å². The topological polar surface area (TPSA) is 21.3 Å². The van der Waals surface area contributed by atoms with Crippen molar-refractivity contribution in [2.45, 2.75) is 77.0 Å². The molecule has 2 atom stereocenters. The van der Waals surface area contributed by atoms with Crippen molar-refractivity contribution in [2.75, 3.05) is 7.05 Å². The molecule has 0 amide bonds. The summed E-state index contributed by atoms with van der Waals surface area (Å²) in [5.74, 6) is 1.51. The number of hydrogen-bond donors (Lipinski definition) is 1. The van der Waals surface area contributed by atoms with E-state index in [1.807, 2.05) is 0 Å². The zero-order valence-electron chi connectivity index (χ0n) is 12.2. The number of rotatable bonds is 3. The molecule has 100 valence electrons. The van der Waals surface area contributed by atoms with Crippen molar-refractivity contribution in [1.29, 1.82) is 0 Å². The number of hydrogen-bond acceptors (Lipinski definition) is 2. The Bertz CT molecular complexity index is 266. The highest BCUT2D eigenvalue weighted by atomic mass is 16.5. The van der Waals surface area contributed by atoms with Crippen LogP contribution in [0, 0.1) is 11.8 Å². The predicted molar refractivity (Wildman–Crippen MR) is 72.2 cm³/mol. The number of nitrogens with one attached hydrogen (secondary N) is 1. The lowest BCUT2D eigenvalue weighted by molar-refractivity contribution is -0.0793. The fourth-order valence-corrected chi connectivity index (χ4v) is 4.25. The molecule has 0 spiro atoms. The molecule has 2 rings (SSSR count). The Kier molecular flexibility index (Phi) is 3.57. The molecule has 2 fully saturated rings. The highest BCUT2D eigenvalue weighted by Gasteiger charge is 2.50. The third-order valence-corrected chi connectivity index (χ3v) is 4.82. The molecule has 17 heavy (non-hydrogen) atoms. The average molecular weight is 239 g/mol. The lowest BCUT2D eigenvalue weighted by atomic mass is 9.76. The molecule has 0 bridgehead atoms. The zero-order valence-corrected chi connectivity index (χ0v) is 12.2. The molecule has 2 heteroatoms. The molecule has 1 heterocycles. The Morgan fingerprint density at radius 1 is 1.12 bits per heavy atom. The monoisotopic (exact) mass is 239 g/mol. The molecule has 1 aliphatic heterocycles. The standard InChI is InChI=1S/C15H29NO/c1-14(2)10-12(15(3,4)17-14)13(16-5)11-8-6-7-9-11/h11-13,16H,6-10H2,1-5H3. The second-order valence-electron chi connectivity index (χ2n) is 7.13. The van der Waals surface area contributed by atoms with Gasteiger partial charge in [0.15, 0.2) is 0 Å². The van der Waals surface area contributed by atoms with Crippen molar-refractivity contribution in [1.82, 2.24) is 5.32 Å². The van der Waals surface area contributed by atoms with E-state index >= 15 is 0 Å². The Labute approximate surface area is 107 Å². The van der Waals surface area contributed by atoms with Crippen LogP contribution in [0.4, 0.5) is 0 Å². The molecule has 0 radical (unpaired) electrons. The smallest absolute Gasteiger partial charge is 0.0677 e. The maximum atomic E-state index is 6.25. The van der Waals surface area contributed by atoms with Crippen LogP contribution in [0.15, 0.2) is 0 Å². The first-order valence-corrected chi connectivity index (χ1v) is 7.23. The van der Waals surface area contributed by atoms with E-state index in [9.17, 15) is 0 Å². The van der Waals surface area contributed by atoms with Gasteiger partial charge in [-0.1, -0.05) is 12.8 Å². The molecule has 2 aliphatic rings. The molecule has 0 aromatic heterocycles. The Balaban J connectivity index is 2.13. The summed E-state index contributed by atoms with van der Waals surface area (Å²) in [5.41, 5.74) is 0.0572. The minimum Gasteiger partial charge on any atom is -0.369 e. The van der Waals surface area contributed by atoms with E-state index in [-0.39, 0.29) is 11.2 Å². The normalized spacial score (nSPS) is 34.1. The van der Waals surface area contributed by atoms with Gasteiger partial charge in [0.2, 0.25) is 0 Å². The molecule has 1 aliphatic carbocycles. The first kappa shape index (κ1) is 13.4. The van der Waals surface area contributed by atoms with Crippen LogP contribution >= 0.6 is 0 Å². The van der Waals surface area contributed by atoms with E-state index in [1.165, 1.54) is 32.1 Å². The molecule has 1 N–H and O–H groups in total. The first-order chi connectivity index (χ1) is 7.86. The van der Waals surface area contributed by atoms with Gasteiger partial charge in [-0.2, -0.15) is 0 Å². The molecule has 0 aromatic rings. The van der Waals surface area contributed by atoms with Crippen molar-refractivity contribution >= 4 is 0 Å². The Hall–Kier alpha value is -0.0800. The van der Waals surface area contributed by atoms with Gasteiger partial charge < -0.3 is 10.1 Å². The highest BCUT2D eigenvalue weighted by molar-refractivity contribution is 5.01. The predicted octanol–water partition coefficient (Wildman–Crippen LogP) is 3.36. The molecule has 2 unspecified atom stereocenters. The van der Waals surface area contributed by atoms with E-state index in [1.54, 1.807) is 0 Å². The third-order valence-electron chi connectivity index (χ3n) is 4.82. The van der Waals surface area contributed by atoms with Gasteiger partial charge in [-0.25, -0.2) is 0 Å². The molecular formula is C15H29NO. The summed E-state index contributed by atoms with van der Waals surface area (Å²) in [6, 6.07) is 0.634. The van der Waals surface area contributed by atoms with E-state index in [0.29, 0.717) is 12.0 Å². The third kappa shape index (κ3) is 2.68. The molecule has 0 aromatic carbocycles. The van der Waals surface area contributed by atoms with Gasteiger partial charge in [0.25, 0.3) is 0 Å². The fourth-order valence-electron chi connectivity index (χ4n) is 4.25. The van der Waals surface area contributed by atoms with Crippen molar-refractivity contribution in [3.05, 3.63) is 0 Å². The molecular weight excluding hydrogens is 210 g/mol. The molecule has 1 saturated carbocycles. The SMILES string of the molecule is CNC(C1CCCC1)C1CC(C)(C)OC1(C)C. The van der Waals surface area contributed by atoms with Crippen molar-refractivity contribution in [3.8, 4) is 0 Å². The Morgan fingerprint density at radius 3 is 2.12 bits per heavy atom.